The van der Waals surface area contributed by atoms with Crippen molar-refractivity contribution in [3.63, 3.8) is 0 Å². The van der Waals surface area contributed by atoms with Crippen LogP contribution in [0.25, 0.3) is 10.9 Å². The molecule has 3 aromatic rings. The highest BCUT2D eigenvalue weighted by Crippen LogP contribution is 2.34. The van der Waals surface area contributed by atoms with Gasteiger partial charge in [0.2, 0.25) is 0 Å². The molecule has 1 aromatic heterocycles. The summed E-state index contributed by atoms with van der Waals surface area (Å²) in [6, 6.07) is 13.1. The predicted octanol–water partition coefficient (Wildman–Crippen LogP) is 3.75. The minimum Gasteiger partial charge on any atom is -0.481 e. The first kappa shape index (κ1) is 15.6. The van der Waals surface area contributed by atoms with Gasteiger partial charge in [-0.1, -0.05) is 30.3 Å². The van der Waals surface area contributed by atoms with Gasteiger partial charge in [0.15, 0.2) is 5.78 Å². The minimum atomic E-state index is -0.845. The number of carbonyl (C=O) groups is 2. The third-order valence-corrected chi connectivity index (χ3v) is 5.08. The van der Waals surface area contributed by atoms with E-state index in [2.05, 4.69) is 4.57 Å². The summed E-state index contributed by atoms with van der Waals surface area (Å²) in [6.45, 7) is 2.88. The number of nitrogens with zero attached hydrogens (tertiary/aromatic N) is 1. The Hall–Kier alpha value is -2.88. The summed E-state index contributed by atoms with van der Waals surface area (Å²) in [6.07, 6.45) is 1.91. The summed E-state index contributed by atoms with van der Waals surface area (Å²) in [5.74, 6) is -0.862. The van der Waals surface area contributed by atoms with Crippen molar-refractivity contribution in [1.82, 2.24) is 4.57 Å². The zero-order valence-corrected chi connectivity index (χ0v) is 14.1. The maximum Gasteiger partial charge on any atom is 0.307 e. The Bertz CT molecular complexity index is 999. The van der Waals surface area contributed by atoms with Gasteiger partial charge in [-0.25, -0.2) is 0 Å². The average Bonchev–Trinajstić information content (AvgIpc) is 2.89. The standard InChI is InChI=1S/C21H19NO3/c1-13-17(12-19(23)24)18-11-16(21(25)14-6-3-2-4-7-14)10-15-8-5-9-22(13)20(15)18/h2-4,6-7,10-11H,5,8-9,12H2,1H3,(H,23,24). The Morgan fingerprint density at radius 3 is 2.60 bits per heavy atom. The molecule has 0 aliphatic carbocycles. The van der Waals surface area contributed by atoms with Gasteiger partial charge in [-0.15, -0.1) is 0 Å². The number of ketones is 1. The third-order valence-electron chi connectivity index (χ3n) is 5.08. The molecule has 0 saturated heterocycles. The number of carbonyl (C=O) groups excluding carboxylic acids is 1. The molecule has 0 spiro atoms. The Kier molecular flexibility index (Phi) is 3.68. The second kappa shape index (κ2) is 5.88. The van der Waals surface area contributed by atoms with Gasteiger partial charge in [0, 0.05) is 28.8 Å². The second-order valence-corrected chi connectivity index (χ2v) is 6.62. The van der Waals surface area contributed by atoms with Crippen LogP contribution in [0.5, 0.6) is 0 Å². The Morgan fingerprint density at radius 1 is 1.12 bits per heavy atom. The van der Waals surface area contributed by atoms with Gasteiger partial charge in [-0.2, -0.15) is 0 Å². The molecule has 4 nitrogen and oxygen atoms in total. The third kappa shape index (κ3) is 2.54. The number of rotatable bonds is 4. The van der Waals surface area contributed by atoms with Gasteiger partial charge in [0.25, 0.3) is 0 Å². The molecule has 1 N–H and O–H groups in total. The van der Waals surface area contributed by atoms with E-state index in [0.717, 1.165) is 47.1 Å². The molecule has 4 heteroatoms. The predicted molar refractivity (Wildman–Crippen MR) is 96.2 cm³/mol. The topological polar surface area (TPSA) is 59.3 Å². The van der Waals surface area contributed by atoms with E-state index in [0.29, 0.717) is 11.1 Å². The van der Waals surface area contributed by atoms with Crippen molar-refractivity contribution < 1.29 is 14.7 Å². The molecule has 25 heavy (non-hydrogen) atoms. The maximum absolute atomic E-state index is 12.9. The number of carboxylic acid groups (broad SMARTS) is 1. The van der Waals surface area contributed by atoms with Crippen molar-refractivity contribution in [3.05, 3.63) is 70.4 Å². The number of hydrogen-bond donors (Lipinski definition) is 1. The lowest BCUT2D eigenvalue weighted by atomic mass is 9.94. The van der Waals surface area contributed by atoms with E-state index < -0.39 is 5.97 Å². The van der Waals surface area contributed by atoms with Crippen LogP contribution in [0.15, 0.2) is 42.5 Å². The monoisotopic (exact) mass is 333 g/mol. The molecule has 0 atom stereocenters. The summed E-state index contributed by atoms with van der Waals surface area (Å²) in [5, 5.41) is 10.2. The largest absolute Gasteiger partial charge is 0.481 e. The van der Waals surface area contributed by atoms with Gasteiger partial charge in [-0.05, 0) is 43.0 Å². The van der Waals surface area contributed by atoms with Crippen LogP contribution in [-0.2, 0) is 24.2 Å². The lowest BCUT2D eigenvalue weighted by molar-refractivity contribution is -0.136. The second-order valence-electron chi connectivity index (χ2n) is 6.62. The lowest BCUT2D eigenvalue weighted by Gasteiger charge is -2.18. The molecule has 0 saturated carbocycles. The van der Waals surface area contributed by atoms with Gasteiger partial charge in [-0.3, -0.25) is 9.59 Å². The first-order valence-electron chi connectivity index (χ1n) is 8.52. The highest BCUT2D eigenvalue weighted by atomic mass is 16.4. The molecule has 4 rings (SSSR count). The zero-order chi connectivity index (χ0) is 17.6. The average molecular weight is 333 g/mol. The molecular weight excluding hydrogens is 314 g/mol. The van der Waals surface area contributed by atoms with Crippen LogP contribution in [-0.4, -0.2) is 21.4 Å². The summed E-state index contributed by atoms with van der Waals surface area (Å²) in [5.41, 5.74) is 5.36. The molecular formula is C21H19NO3. The Labute approximate surface area is 145 Å². The number of aryl methyl sites for hydroxylation is 2. The SMILES string of the molecule is Cc1c(CC(=O)O)c2cc(C(=O)c3ccccc3)cc3c2n1CCC3. The van der Waals surface area contributed by atoms with E-state index in [1.54, 1.807) is 0 Å². The highest BCUT2D eigenvalue weighted by molar-refractivity contribution is 6.11. The number of benzene rings is 2. The van der Waals surface area contributed by atoms with Crippen molar-refractivity contribution in [2.75, 3.05) is 0 Å². The Morgan fingerprint density at radius 2 is 1.88 bits per heavy atom. The van der Waals surface area contributed by atoms with Crippen molar-refractivity contribution in [2.45, 2.75) is 32.7 Å². The fourth-order valence-corrected chi connectivity index (χ4v) is 3.93. The summed E-state index contributed by atoms with van der Waals surface area (Å²) >= 11 is 0. The van der Waals surface area contributed by atoms with Crippen molar-refractivity contribution in [2.24, 2.45) is 0 Å². The quantitative estimate of drug-likeness (QED) is 0.740. The summed E-state index contributed by atoms with van der Waals surface area (Å²) < 4.78 is 2.21. The molecule has 1 aliphatic heterocycles. The molecule has 2 aromatic carbocycles. The van der Waals surface area contributed by atoms with Crippen LogP contribution in [0.4, 0.5) is 0 Å². The molecule has 0 unspecified atom stereocenters. The van der Waals surface area contributed by atoms with E-state index in [-0.39, 0.29) is 12.2 Å². The molecule has 0 bridgehead atoms. The van der Waals surface area contributed by atoms with E-state index in [1.807, 2.05) is 49.4 Å². The van der Waals surface area contributed by atoms with Crippen LogP contribution in [0, 0.1) is 6.92 Å². The fraction of sp³-hybridized carbons (Fsp3) is 0.238. The Balaban J connectivity index is 1.94. The van der Waals surface area contributed by atoms with Crippen LogP contribution in [0.1, 0.15) is 39.2 Å². The normalized spacial score (nSPS) is 13.2. The lowest BCUT2D eigenvalue weighted by Crippen LogP contribution is -2.10. The maximum atomic E-state index is 12.9. The molecule has 1 aliphatic rings. The molecule has 2 heterocycles. The van der Waals surface area contributed by atoms with Gasteiger partial charge >= 0.3 is 5.97 Å². The van der Waals surface area contributed by atoms with Crippen molar-refractivity contribution >= 4 is 22.7 Å². The van der Waals surface area contributed by atoms with E-state index >= 15 is 0 Å². The highest BCUT2D eigenvalue weighted by Gasteiger charge is 2.23. The van der Waals surface area contributed by atoms with Crippen LogP contribution < -0.4 is 0 Å². The van der Waals surface area contributed by atoms with Gasteiger partial charge in [0.1, 0.15) is 0 Å². The van der Waals surface area contributed by atoms with Crippen molar-refractivity contribution in [3.8, 4) is 0 Å². The number of hydrogen-bond acceptors (Lipinski definition) is 2. The van der Waals surface area contributed by atoms with E-state index in [1.165, 1.54) is 0 Å². The summed E-state index contributed by atoms with van der Waals surface area (Å²) in [4.78, 5) is 24.2. The fourth-order valence-electron chi connectivity index (χ4n) is 3.93. The van der Waals surface area contributed by atoms with Crippen LogP contribution in [0.2, 0.25) is 0 Å². The number of aliphatic carboxylic acids is 1. The minimum absolute atomic E-state index is 0.0161. The number of carboxylic acids is 1. The first-order valence-corrected chi connectivity index (χ1v) is 8.52. The first-order chi connectivity index (χ1) is 12.1. The van der Waals surface area contributed by atoms with Gasteiger partial charge < -0.3 is 9.67 Å². The van der Waals surface area contributed by atoms with Crippen molar-refractivity contribution in [1.29, 1.82) is 0 Å². The van der Waals surface area contributed by atoms with Crippen LogP contribution >= 0.6 is 0 Å². The molecule has 0 radical (unpaired) electrons. The van der Waals surface area contributed by atoms with Crippen LogP contribution in [0.3, 0.4) is 0 Å². The zero-order valence-electron chi connectivity index (χ0n) is 14.1. The van der Waals surface area contributed by atoms with Gasteiger partial charge in [0.05, 0.1) is 11.9 Å². The molecule has 126 valence electrons. The molecule has 0 amide bonds. The summed E-state index contributed by atoms with van der Waals surface area (Å²) in [7, 11) is 0. The molecule has 0 fully saturated rings. The number of aromatic nitrogens is 1. The van der Waals surface area contributed by atoms with E-state index in [4.69, 9.17) is 0 Å². The smallest absolute Gasteiger partial charge is 0.307 e. The van der Waals surface area contributed by atoms with E-state index in [9.17, 15) is 14.7 Å².